The molecule has 0 saturated carbocycles. The molecule has 0 amide bonds. The highest BCUT2D eigenvalue weighted by Gasteiger charge is 2.20. The van der Waals surface area contributed by atoms with Gasteiger partial charge in [-0.1, -0.05) is 13.8 Å². The van der Waals surface area contributed by atoms with Gasteiger partial charge in [0, 0.05) is 18.7 Å². The number of nitrogens with one attached hydrogen (secondary N) is 1. The van der Waals surface area contributed by atoms with Gasteiger partial charge in [-0.3, -0.25) is 0 Å². The van der Waals surface area contributed by atoms with Gasteiger partial charge in [-0.2, -0.15) is 0 Å². The van der Waals surface area contributed by atoms with Gasteiger partial charge >= 0.3 is 0 Å². The van der Waals surface area contributed by atoms with Gasteiger partial charge < -0.3 is 5.73 Å². The van der Waals surface area contributed by atoms with Crippen LogP contribution in [0.5, 0.6) is 0 Å². The second-order valence-corrected chi connectivity index (χ2v) is 6.39. The summed E-state index contributed by atoms with van der Waals surface area (Å²) < 4.78 is 40.2. The molecule has 6 heteroatoms. The van der Waals surface area contributed by atoms with Crippen molar-refractivity contribution < 1.29 is 12.8 Å². The molecule has 4 nitrogen and oxygen atoms in total. The number of halogens is 1. The van der Waals surface area contributed by atoms with Crippen molar-refractivity contribution in [2.75, 3.05) is 6.54 Å². The second-order valence-electron chi connectivity index (χ2n) is 4.65. The summed E-state index contributed by atoms with van der Waals surface area (Å²) in [6, 6.07) is 2.68. The van der Waals surface area contributed by atoms with E-state index >= 15 is 0 Å². The van der Waals surface area contributed by atoms with E-state index in [4.69, 9.17) is 5.73 Å². The molecule has 1 rings (SSSR count). The van der Waals surface area contributed by atoms with Crippen molar-refractivity contribution in [1.82, 2.24) is 4.72 Å². The summed E-state index contributed by atoms with van der Waals surface area (Å²) >= 11 is 0. The zero-order valence-electron chi connectivity index (χ0n) is 10.8. The van der Waals surface area contributed by atoms with Crippen molar-refractivity contribution in [2.24, 2.45) is 11.7 Å². The average molecular weight is 274 g/mol. The largest absolute Gasteiger partial charge is 0.326 e. The molecule has 0 aliphatic carbocycles. The van der Waals surface area contributed by atoms with Crippen molar-refractivity contribution in [2.45, 2.75) is 32.2 Å². The third-order valence-corrected chi connectivity index (χ3v) is 4.11. The monoisotopic (exact) mass is 274 g/mol. The second kappa shape index (κ2) is 5.77. The van der Waals surface area contributed by atoms with Gasteiger partial charge in [0.15, 0.2) is 0 Å². The first-order valence-electron chi connectivity index (χ1n) is 5.76. The average Bonchev–Trinajstić information content (AvgIpc) is 2.29. The number of sulfonamides is 1. The Kier molecular flexibility index (Phi) is 4.84. The number of hydrogen-bond acceptors (Lipinski definition) is 3. The first-order valence-corrected chi connectivity index (χ1v) is 7.25. The van der Waals surface area contributed by atoms with Gasteiger partial charge in [-0.25, -0.2) is 17.5 Å². The van der Waals surface area contributed by atoms with E-state index in [1.54, 1.807) is 0 Å². The highest BCUT2D eigenvalue weighted by Crippen LogP contribution is 2.20. The van der Waals surface area contributed by atoms with Crippen LogP contribution in [-0.2, 0) is 16.6 Å². The Morgan fingerprint density at radius 2 is 2.00 bits per heavy atom. The highest BCUT2D eigenvalue weighted by atomic mass is 32.2. The number of benzene rings is 1. The molecule has 1 aromatic rings. The molecule has 0 aliphatic heterocycles. The van der Waals surface area contributed by atoms with Crippen molar-refractivity contribution in [3.05, 3.63) is 29.1 Å². The SMILES string of the molecule is Cc1c(F)cc(CN)cc1S(=O)(=O)NCC(C)C. The predicted octanol–water partition coefficient (Wildman–Crippen LogP) is 1.53. The smallest absolute Gasteiger partial charge is 0.240 e. The lowest BCUT2D eigenvalue weighted by Crippen LogP contribution is -2.28. The van der Waals surface area contributed by atoms with Gasteiger partial charge in [-0.05, 0) is 30.5 Å². The standard InChI is InChI=1S/C12H19FN2O2S/c1-8(2)7-15-18(16,17)12-5-10(6-14)4-11(13)9(12)3/h4-5,8,15H,6-7,14H2,1-3H3. The summed E-state index contributed by atoms with van der Waals surface area (Å²) in [4.78, 5) is -0.0383. The molecule has 0 bridgehead atoms. The quantitative estimate of drug-likeness (QED) is 0.855. The van der Waals surface area contributed by atoms with E-state index in [0.29, 0.717) is 12.1 Å². The molecule has 0 heterocycles. The molecule has 0 radical (unpaired) electrons. The van der Waals surface area contributed by atoms with Crippen LogP contribution in [0.3, 0.4) is 0 Å². The van der Waals surface area contributed by atoms with Crippen molar-refractivity contribution in [3.8, 4) is 0 Å². The Bertz CT molecular complexity index is 527. The predicted molar refractivity (Wildman–Crippen MR) is 69.1 cm³/mol. The summed E-state index contributed by atoms with van der Waals surface area (Å²) in [5, 5.41) is 0. The van der Waals surface area contributed by atoms with Crippen LogP contribution in [0.1, 0.15) is 25.0 Å². The van der Waals surface area contributed by atoms with Crippen LogP contribution < -0.4 is 10.5 Å². The van der Waals surface area contributed by atoms with Crippen molar-refractivity contribution in [1.29, 1.82) is 0 Å². The van der Waals surface area contributed by atoms with Crippen LogP contribution in [0.4, 0.5) is 4.39 Å². The van der Waals surface area contributed by atoms with E-state index in [1.807, 2.05) is 13.8 Å². The minimum Gasteiger partial charge on any atom is -0.326 e. The highest BCUT2D eigenvalue weighted by molar-refractivity contribution is 7.89. The van der Waals surface area contributed by atoms with Gasteiger partial charge in [-0.15, -0.1) is 0 Å². The van der Waals surface area contributed by atoms with Gasteiger partial charge in [0.2, 0.25) is 10.0 Å². The summed E-state index contributed by atoms with van der Waals surface area (Å²) in [5.41, 5.74) is 6.00. The van der Waals surface area contributed by atoms with Gasteiger partial charge in [0.1, 0.15) is 5.82 Å². The van der Waals surface area contributed by atoms with Crippen molar-refractivity contribution in [3.63, 3.8) is 0 Å². The fraction of sp³-hybridized carbons (Fsp3) is 0.500. The lowest BCUT2D eigenvalue weighted by Gasteiger charge is -2.12. The summed E-state index contributed by atoms with van der Waals surface area (Å²) in [6.45, 7) is 5.65. The molecule has 0 unspecified atom stereocenters. The Morgan fingerprint density at radius 1 is 1.39 bits per heavy atom. The van der Waals surface area contributed by atoms with Crippen molar-refractivity contribution >= 4 is 10.0 Å². The van der Waals surface area contributed by atoms with E-state index in [1.165, 1.54) is 19.1 Å². The lowest BCUT2D eigenvalue weighted by atomic mass is 10.1. The number of hydrogen-bond donors (Lipinski definition) is 2. The van der Waals surface area contributed by atoms with Crippen LogP contribution in [0.15, 0.2) is 17.0 Å². The lowest BCUT2D eigenvalue weighted by molar-refractivity contribution is 0.555. The Hall–Kier alpha value is -0.980. The van der Waals surface area contributed by atoms with Gasteiger partial charge in [0.25, 0.3) is 0 Å². The maximum absolute atomic E-state index is 13.6. The first-order chi connectivity index (χ1) is 8.27. The fourth-order valence-corrected chi connectivity index (χ4v) is 2.97. The molecule has 0 fully saturated rings. The maximum atomic E-state index is 13.6. The summed E-state index contributed by atoms with van der Waals surface area (Å²) in [6.07, 6.45) is 0. The zero-order chi connectivity index (χ0) is 13.9. The topological polar surface area (TPSA) is 72.2 Å². The summed E-state index contributed by atoms with van der Waals surface area (Å²) in [5.74, 6) is -0.370. The van der Waals surface area contributed by atoms with Crippen LogP contribution >= 0.6 is 0 Å². The third-order valence-electron chi connectivity index (χ3n) is 2.56. The van der Waals surface area contributed by atoms with Crippen LogP contribution in [0.25, 0.3) is 0 Å². The normalized spacial score (nSPS) is 12.1. The Morgan fingerprint density at radius 3 is 2.50 bits per heavy atom. The number of nitrogens with two attached hydrogens (primary N) is 1. The molecule has 18 heavy (non-hydrogen) atoms. The van der Waals surface area contributed by atoms with E-state index in [2.05, 4.69) is 4.72 Å². The van der Waals surface area contributed by atoms with E-state index in [0.717, 1.165) is 0 Å². The molecule has 0 spiro atoms. The molecule has 0 atom stereocenters. The molecule has 3 N–H and O–H groups in total. The molecular weight excluding hydrogens is 255 g/mol. The Balaban J connectivity index is 3.19. The minimum absolute atomic E-state index is 0.0383. The molecular formula is C12H19FN2O2S. The minimum atomic E-state index is -3.69. The fourth-order valence-electron chi connectivity index (χ4n) is 1.46. The summed E-state index contributed by atoms with van der Waals surface area (Å²) in [7, 11) is -3.69. The maximum Gasteiger partial charge on any atom is 0.240 e. The first kappa shape index (κ1) is 15.1. The third kappa shape index (κ3) is 3.51. The van der Waals surface area contributed by atoms with E-state index in [9.17, 15) is 12.8 Å². The molecule has 1 aromatic carbocycles. The molecule has 0 aliphatic rings. The molecule has 0 saturated heterocycles. The number of rotatable bonds is 5. The zero-order valence-corrected chi connectivity index (χ0v) is 11.6. The Labute approximate surface area is 107 Å². The van der Waals surface area contributed by atoms with Crippen LogP contribution in [0.2, 0.25) is 0 Å². The molecule has 0 aromatic heterocycles. The van der Waals surface area contributed by atoms with E-state index < -0.39 is 15.8 Å². The van der Waals surface area contributed by atoms with Crippen LogP contribution in [-0.4, -0.2) is 15.0 Å². The van der Waals surface area contributed by atoms with Gasteiger partial charge in [0.05, 0.1) is 4.90 Å². The van der Waals surface area contributed by atoms with Crippen LogP contribution in [0, 0.1) is 18.7 Å². The van der Waals surface area contributed by atoms with E-state index in [-0.39, 0.29) is 22.9 Å². The molecule has 102 valence electrons.